The third kappa shape index (κ3) is 6.04. The molecule has 2 aromatic carbocycles. The minimum absolute atomic E-state index is 0.471. The maximum absolute atomic E-state index is 5.80. The highest BCUT2D eigenvalue weighted by atomic mass is 28.3. The molecule has 0 saturated carbocycles. The quantitative estimate of drug-likeness (QED) is 0.188. The van der Waals surface area contributed by atoms with Crippen molar-refractivity contribution in [1.82, 2.24) is 29.5 Å². The molecule has 190 valence electrons. The standard InChI is InChI=1S/C27H31N7O2Si/c1-35-24-9-10-25-21(15-24)16-30-34(25)27-28-12-11-26(32-27)31-23-7-5-20(6-8-23)22-17-29-33(18-22)19-36-13-14-37(2,3)4/h5-12,15-18H,13-14,19H2,1-4H3,(H,28,31,32). The van der Waals surface area contributed by atoms with Gasteiger partial charge in [0.2, 0.25) is 0 Å². The fourth-order valence-electron chi connectivity index (χ4n) is 3.83. The van der Waals surface area contributed by atoms with Gasteiger partial charge in [-0.15, -0.1) is 0 Å². The van der Waals surface area contributed by atoms with Crippen molar-refractivity contribution in [2.75, 3.05) is 19.0 Å². The average molecular weight is 514 g/mol. The molecule has 3 aromatic heterocycles. The van der Waals surface area contributed by atoms with Gasteiger partial charge in [0, 0.05) is 43.7 Å². The summed E-state index contributed by atoms with van der Waals surface area (Å²) in [6.07, 6.45) is 7.38. The highest BCUT2D eigenvalue weighted by Crippen LogP contribution is 2.24. The Morgan fingerprint density at radius 3 is 2.57 bits per heavy atom. The first-order valence-corrected chi connectivity index (χ1v) is 15.9. The van der Waals surface area contributed by atoms with E-state index in [0.717, 1.165) is 46.1 Å². The van der Waals surface area contributed by atoms with Crippen LogP contribution in [0.2, 0.25) is 25.7 Å². The molecule has 0 bridgehead atoms. The molecule has 0 radical (unpaired) electrons. The van der Waals surface area contributed by atoms with Crippen LogP contribution < -0.4 is 10.1 Å². The topological polar surface area (TPSA) is 91.9 Å². The minimum Gasteiger partial charge on any atom is -0.497 e. The van der Waals surface area contributed by atoms with Crippen molar-refractivity contribution >= 4 is 30.5 Å². The van der Waals surface area contributed by atoms with E-state index < -0.39 is 8.07 Å². The van der Waals surface area contributed by atoms with E-state index >= 15 is 0 Å². The third-order valence-electron chi connectivity index (χ3n) is 5.95. The van der Waals surface area contributed by atoms with Crippen molar-refractivity contribution in [1.29, 1.82) is 0 Å². The summed E-state index contributed by atoms with van der Waals surface area (Å²) in [7, 11) is 0.563. The molecule has 5 rings (SSSR count). The van der Waals surface area contributed by atoms with Gasteiger partial charge in [-0.1, -0.05) is 31.8 Å². The summed E-state index contributed by atoms with van der Waals surface area (Å²) in [6.45, 7) is 8.30. The highest BCUT2D eigenvalue weighted by molar-refractivity contribution is 6.76. The monoisotopic (exact) mass is 513 g/mol. The van der Waals surface area contributed by atoms with E-state index in [9.17, 15) is 0 Å². The van der Waals surface area contributed by atoms with Gasteiger partial charge in [-0.25, -0.2) is 9.67 Å². The van der Waals surface area contributed by atoms with Crippen molar-refractivity contribution in [3.8, 4) is 22.8 Å². The zero-order valence-corrected chi connectivity index (χ0v) is 22.5. The van der Waals surface area contributed by atoms with Crippen LogP contribution in [0.25, 0.3) is 28.0 Å². The molecule has 0 spiro atoms. The second kappa shape index (κ2) is 10.5. The summed E-state index contributed by atoms with van der Waals surface area (Å²) in [5.41, 5.74) is 3.96. The summed E-state index contributed by atoms with van der Waals surface area (Å²) >= 11 is 0. The number of aromatic nitrogens is 6. The number of ether oxygens (including phenoxy) is 2. The van der Waals surface area contributed by atoms with Crippen molar-refractivity contribution < 1.29 is 9.47 Å². The number of anilines is 2. The number of benzene rings is 2. The van der Waals surface area contributed by atoms with Crippen LogP contribution in [0.5, 0.6) is 5.75 Å². The first-order chi connectivity index (χ1) is 17.9. The van der Waals surface area contributed by atoms with Crippen molar-refractivity contribution in [2.24, 2.45) is 0 Å². The molecule has 0 aliphatic rings. The van der Waals surface area contributed by atoms with Gasteiger partial charge in [-0.3, -0.25) is 0 Å². The maximum Gasteiger partial charge on any atom is 0.253 e. The van der Waals surface area contributed by atoms with Crippen LogP contribution in [-0.2, 0) is 11.5 Å². The van der Waals surface area contributed by atoms with E-state index in [4.69, 9.17) is 9.47 Å². The smallest absolute Gasteiger partial charge is 0.253 e. The Kier molecular flexibility index (Phi) is 7.02. The average Bonchev–Trinajstić information content (AvgIpc) is 3.54. The van der Waals surface area contributed by atoms with Gasteiger partial charge in [-0.05, 0) is 48.0 Å². The van der Waals surface area contributed by atoms with Crippen LogP contribution in [-0.4, -0.2) is 51.3 Å². The van der Waals surface area contributed by atoms with Crippen LogP contribution in [0.3, 0.4) is 0 Å². The maximum atomic E-state index is 5.80. The SMILES string of the molecule is COc1ccc2c(cnn2-c2nccc(Nc3ccc(-c4cnn(COCC[Si](C)(C)C)c4)cc3)n2)c1. The predicted molar refractivity (Wildman–Crippen MR) is 148 cm³/mol. The highest BCUT2D eigenvalue weighted by Gasteiger charge is 2.12. The van der Waals surface area contributed by atoms with Gasteiger partial charge < -0.3 is 14.8 Å². The van der Waals surface area contributed by atoms with Crippen molar-refractivity contribution in [2.45, 2.75) is 32.4 Å². The molecule has 9 nitrogen and oxygen atoms in total. The number of hydrogen-bond acceptors (Lipinski definition) is 7. The molecule has 10 heteroatoms. The van der Waals surface area contributed by atoms with E-state index in [1.807, 2.05) is 53.5 Å². The second-order valence-electron chi connectivity index (χ2n) is 10.0. The lowest BCUT2D eigenvalue weighted by Crippen LogP contribution is -2.22. The Morgan fingerprint density at radius 2 is 1.78 bits per heavy atom. The summed E-state index contributed by atoms with van der Waals surface area (Å²) < 4.78 is 14.7. The van der Waals surface area contributed by atoms with Gasteiger partial charge in [0.05, 0.1) is 25.0 Å². The molecule has 3 heterocycles. The van der Waals surface area contributed by atoms with Gasteiger partial charge in [0.15, 0.2) is 0 Å². The Bertz CT molecular complexity index is 1490. The van der Waals surface area contributed by atoms with Gasteiger partial charge in [0.1, 0.15) is 18.3 Å². The molecule has 0 saturated heterocycles. The van der Waals surface area contributed by atoms with Gasteiger partial charge in [-0.2, -0.15) is 19.9 Å². The number of nitrogens with zero attached hydrogens (tertiary/aromatic N) is 6. The molecule has 0 amide bonds. The third-order valence-corrected chi connectivity index (χ3v) is 7.66. The first-order valence-electron chi connectivity index (χ1n) is 12.2. The lowest BCUT2D eigenvalue weighted by molar-refractivity contribution is 0.0786. The molecular weight excluding hydrogens is 482 g/mol. The normalized spacial score (nSPS) is 11.7. The molecule has 0 atom stereocenters. The zero-order chi connectivity index (χ0) is 25.8. The number of nitrogens with one attached hydrogen (secondary N) is 1. The summed E-state index contributed by atoms with van der Waals surface area (Å²) in [5.74, 6) is 1.95. The fourth-order valence-corrected chi connectivity index (χ4v) is 4.59. The predicted octanol–water partition coefficient (Wildman–Crippen LogP) is 5.74. The van der Waals surface area contributed by atoms with Gasteiger partial charge >= 0.3 is 0 Å². The van der Waals surface area contributed by atoms with Crippen LogP contribution in [0.4, 0.5) is 11.5 Å². The number of methoxy groups -OCH3 is 1. The molecule has 0 unspecified atom stereocenters. The Hall–Kier alpha value is -4.02. The van der Waals surface area contributed by atoms with Gasteiger partial charge in [0.25, 0.3) is 5.95 Å². The summed E-state index contributed by atoms with van der Waals surface area (Å²) in [6, 6.07) is 16.9. The van der Waals surface area contributed by atoms with Crippen LogP contribution in [0.1, 0.15) is 0 Å². The van der Waals surface area contributed by atoms with E-state index in [-0.39, 0.29) is 0 Å². The van der Waals surface area contributed by atoms with Crippen LogP contribution in [0, 0.1) is 0 Å². The first kappa shape index (κ1) is 24.7. The minimum atomic E-state index is -1.09. The molecular formula is C27H31N7O2Si. The van der Waals surface area contributed by atoms with E-state index in [1.165, 1.54) is 0 Å². The molecule has 0 aliphatic heterocycles. The second-order valence-corrected chi connectivity index (χ2v) is 15.7. The Labute approximate surface area is 217 Å². The number of fused-ring (bicyclic) bond motifs is 1. The van der Waals surface area contributed by atoms with Crippen molar-refractivity contribution in [3.05, 3.63) is 73.3 Å². The lowest BCUT2D eigenvalue weighted by Gasteiger charge is -2.15. The summed E-state index contributed by atoms with van der Waals surface area (Å²) in [4.78, 5) is 9.07. The van der Waals surface area contributed by atoms with Crippen LogP contribution >= 0.6 is 0 Å². The number of hydrogen-bond donors (Lipinski definition) is 1. The molecule has 5 aromatic rings. The van der Waals surface area contributed by atoms with E-state index in [0.29, 0.717) is 18.5 Å². The molecule has 37 heavy (non-hydrogen) atoms. The van der Waals surface area contributed by atoms with E-state index in [2.05, 4.69) is 57.3 Å². The largest absolute Gasteiger partial charge is 0.497 e. The summed E-state index contributed by atoms with van der Waals surface area (Å²) in [5, 5.41) is 13.2. The molecule has 0 aliphatic carbocycles. The van der Waals surface area contributed by atoms with Crippen molar-refractivity contribution in [3.63, 3.8) is 0 Å². The molecule has 1 N–H and O–H groups in total. The Balaban J connectivity index is 1.24. The zero-order valence-electron chi connectivity index (χ0n) is 21.5. The molecule has 0 fully saturated rings. The van der Waals surface area contributed by atoms with Crippen LogP contribution in [0.15, 0.2) is 73.3 Å². The lowest BCUT2D eigenvalue weighted by atomic mass is 10.1. The Morgan fingerprint density at radius 1 is 0.946 bits per heavy atom. The fraction of sp³-hybridized carbons (Fsp3) is 0.259. The van der Waals surface area contributed by atoms with E-state index in [1.54, 1.807) is 24.2 Å². The number of rotatable bonds is 10.